The zero-order valence-electron chi connectivity index (χ0n) is 14.5. The lowest BCUT2D eigenvalue weighted by molar-refractivity contribution is 0.271. The quantitative estimate of drug-likeness (QED) is 0.837. The van der Waals surface area contributed by atoms with Gasteiger partial charge in [0.05, 0.1) is 6.61 Å². The van der Waals surface area contributed by atoms with E-state index in [4.69, 9.17) is 4.74 Å². The zero-order chi connectivity index (χ0) is 15.8. The highest BCUT2D eigenvalue weighted by molar-refractivity contribution is 5.34. The van der Waals surface area contributed by atoms with E-state index in [0.29, 0.717) is 5.92 Å². The summed E-state index contributed by atoms with van der Waals surface area (Å²) in [5.41, 5.74) is 2.82. The van der Waals surface area contributed by atoms with Crippen molar-refractivity contribution in [2.75, 3.05) is 39.3 Å². The van der Waals surface area contributed by atoms with Gasteiger partial charge in [-0.05, 0) is 75.0 Å². The molecular weight excluding hydrogens is 272 g/mol. The van der Waals surface area contributed by atoms with Crippen LogP contribution in [-0.4, -0.2) is 44.2 Å². The number of rotatable bonds is 7. The molecule has 0 bridgehead atoms. The Hall–Kier alpha value is -1.06. The maximum atomic E-state index is 5.80. The Morgan fingerprint density at radius 3 is 2.86 bits per heavy atom. The molecule has 22 heavy (non-hydrogen) atoms. The van der Waals surface area contributed by atoms with Crippen LogP contribution < -0.4 is 10.1 Å². The smallest absolute Gasteiger partial charge is 0.119 e. The first kappa shape index (κ1) is 17.3. The van der Waals surface area contributed by atoms with Crippen LogP contribution in [0.2, 0.25) is 0 Å². The molecule has 1 aliphatic heterocycles. The van der Waals surface area contributed by atoms with Gasteiger partial charge in [-0.2, -0.15) is 0 Å². The summed E-state index contributed by atoms with van der Waals surface area (Å²) in [7, 11) is 0. The number of nitrogens with one attached hydrogen (secondary N) is 1. The van der Waals surface area contributed by atoms with Crippen LogP contribution >= 0.6 is 0 Å². The molecule has 124 valence electrons. The monoisotopic (exact) mass is 304 g/mol. The second-order valence-electron chi connectivity index (χ2n) is 6.84. The predicted molar refractivity (Wildman–Crippen MR) is 93.8 cm³/mol. The molecule has 0 aromatic heterocycles. The molecule has 1 fully saturated rings. The van der Waals surface area contributed by atoms with Crippen molar-refractivity contribution >= 4 is 0 Å². The average Bonchev–Trinajstić information content (AvgIpc) is 2.76. The SMILES string of the molecule is Cc1cc(OCC(C)C)ccc1CCCN1CCCNCC1. The molecule has 1 N–H and O–H groups in total. The molecule has 0 amide bonds. The van der Waals surface area contributed by atoms with Gasteiger partial charge in [-0.15, -0.1) is 0 Å². The van der Waals surface area contributed by atoms with Crippen LogP contribution in [0.4, 0.5) is 0 Å². The first-order chi connectivity index (χ1) is 10.6. The molecule has 0 spiro atoms. The van der Waals surface area contributed by atoms with E-state index in [1.165, 1.54) is 56.6 Å². The van der Waals surface area contributed by atoms with Crippen molar-refractivity contribution in [1.82, 2.24) is 10.2 Å². The van der Waals surface area contributed by atoms with Crippen molar-refractivity contribution in [3.8, 4) is 5.75 Å². The van der Waals surface area contributed by atoms with E-state index < -0.39 is 0 Å². The fourth-order valence-corrected chi connectivity index (χ4v) is 2.92. The fraction of sp³-hybridized carbons (Fsp3) is 0.684. The van der Waals surface area contributed by atoms with Crippen molar-refractivity contribution in [3.05, 3.63) is 29.3 Å². The van der Waals surface area contributed by atoms with E-state index in [1.807, 2.05) is 0 Å². The molecule has 1 saturated heterocycles. The van der Waals surface area contributed by atoms with Crippen LogP contribution in [0.1, 0.15) is 37.8 Å². The van der Waals surface area contributed by atoms with Crippen molar-refractivity contribution in [2.24, 2.45) is 5.92 Å². The molecule has 0 aliphatic carbocycles. The Kier molecular flexibility index (Phi) is 7.20. The van der Waals surface area contributed by atoms with Gasteiger partial charge >= 0.3 is 0 Å². The van der Waals surface area contributed by atoms with Gasteiger partial charge in [0, 0.05) is 13.1 Å². The third kappa shape index (κ3) is 5.98. The molecule has 1 aliphatic rings. The second kappa shape index (κ2) is 9.16. The van der Waals surface area contributed by atoms with Gasteiger partial charge in [0.15, 0.2) is 0 Å². The van der Waals surface area contributed by atoms with Crippen molar-refractivity contribution < 1.29 is 4.74 Å². The topological polar surface area (TPSA) is 24.5 Å². The summed E-state index contributed by atoms with van der Waals surface area (Å²) in [5.74, 6) is 1.58. The summed E-state index contributed by atoms with van der Waals surface area (Å²) in [4.78, 5) is 2.59. The summed E-state index contributed by atoms with van der Waals surface area (Å²) in [5, 5.41) is 3.46. The first-order valence-corrected chi connectivity index (χ1v) is 8.80. The maximum absolute atomic E-state index is 5.80. The van der Waals surface area contributed by atoms with Gasteiger partial charge in [0.1, 0.15) is 5.75 Å². The van der Waals surface area contributed by atoms with Crippen LogP contribution in [0.3, 0.4) is 0 Å². The standard InChI is InChI=1S/C19H32N2O/c1-16(2)15-22-19-8-7-18(17(3)14-19)6-4-11-21-12-5-9-20-10-13-21/h7-8,14,16,20H,4-6,9-13,15H2,1-3H3. The number of nitrogens with zero attached hydrogens (tertiary/aromatic N) is 1. The minimum Gasteiger partial charge on any atom is -0.493 e. The normalized spacial score (nSPS) is 16.7. The van der Waals surface area contributed by atoms with Gasteiger partial charge < -0.3 is 15.0 Å². The van der Waals surface area contributed by atoms with Gasteiger partial charge in [-0.1, -0.05) is 19.9 Å². The summed E-state index contributed by atoms with van der Waals surface area (Å²) in [6.07, 6.45) is 3.69. The summed E-state index contributed by atoms with van der Waals surface area (Å²) < 4.78 is 5.80. The van der Waals surface area contributed by atoms with Crippen molar-refractivity contribution in [3.63, 3.8) is 0 Å². The van der Waals surface area contributed by atoms with Crippen LogP contribution in [0, 0.1) is 12.8 Å². The van der Waals surface area contributed by atoms with Gasteiger partial charge in [-0.3, -0.25) is 0 Å². The van der Waals surface area contributed by atoms with E-state index in [1.54, 1.807) is 0 Å². The minimum atomic E-state index is 0.572. The van der Waals surface area contributed by atoms with Crippen LogP contribution in [-0.2, 0) is 6.42 Å². The van der Waals surface area contributed by atoms with E-state index in [9.17, 15) is 0 Å². The molecule has 3 heteroatoms. The molecule has 0 saturated carbocycles. The van der Waals surface area contributed by atoms with Gasteiger partial charge in [0.25, 0.3) is 0 Å². The third-order valence-corrected chi connectivity index (χ3v) is 4.25. The maximum Gasteiger partial charge on any atom is 0.119 e. The van der Waals surface area contributed by atoms with Gasteiger partial charge in [-0.25, -0.2) is 0 Å². The number of hydrogen-bond donors (Lipinski definition) is 1. The molecule has 2 rings (SSSR count). The minimum absolute atomic E-state index is 0.572. The number of ether oxygens (including phenoxy) is 1. The Balaban J connectivity index is 1.77. The molecule has 0 radical (unpaired) electrons. The number of hydrogen-bond acceptors (Lipinski definition) is 3. The van der Waals surface area contributed by atoms with Crippen LogP contribution in [0.25, 0.3) is 0 Å². The zero-order valence-corrected chi connectivity index (χ0v) is 14.5. The second-order valence-corrected chi connectivity index (χ2v) is 6.84. The van der Waals surface area contributed by atoms with E-state index >= 15 is 0 Å². The predicted octanol–water partition coefficient (Wildman–Crippen LogP) is 3.26. The highest BCUT2D eigenvalue weighted by Gasteiger charge is 2.08. The lowest BCUT2D eigenvalue weighted by Crippen LogP contribution is -2.29. The highest BCUT2D eigenvalue weighted by atomic mass is 16.5. The van der Waals surface area contributed by atoms with Crippen molar-refractivity contribution in [1.29, 1.82) is 0 Å². The third-order valence-electron chi connectivity index (χ3n) is 4.25. The Morgan fingerprint density at radius 1 is 1.23 bits per heavy atom. The Morgan fingerprint density at radius 2 is 2.09 bits per heavy atom. The highest BCUT2D eigenvalue weighted by Crippen LogP contribution is 2.19. The summed E-state index contributed by atoms with van der Waals surface area (Å²) in [6, 6.07) is 6.56. The molecule has 3 nitrogen and oxygen atoms in total. The molecule has 1 aromatic rings. The van der Waals surface area contributed by atoms with E-state index in [-0.39, 0.29) is 0 Å². The molecule has 1 heterocycles. The van der Waals surface area contributed by atoms with E-state index in [0.717, 1.165) is 18.9 Å². The summed E-state index contributed by atoms with van der Waals surface area (Å²) >= 11 is 0. The van der Waals surface area contributed by atoms with Gasteiger partial charge in [0.2, 0.25) is 0 Å². The molecule has 0 atom stereocenters. The lowest BCUT2D eigenvalue weighted by atomic mass is 10.0. The summed E-state index contributed by atoms with van der Waals surface area (Å²) in [6.45, 7) is 13.3. The average molecular weight is 304 g/mol. The lowest BCUT2D eigenvalue weighted by Gasteiger charge is -2.19. The Bertz CT molecular complexity index is 437. The molecular formula is C19H32N2O. The molecule has 1 aromatic carbocycles. The molecule has 0 unspecified atom stereocenters. The largest absolute Gasteiger partial charge is 0.493 e. The number of aryl methyl sites for hydroxylation is 2. The van der Waals surface area contributed by atoms with Crippen LogP contribution in [0.5, 0.6) is 5.75 Å². The fourth-order valence-electron chi connectivity index (χ4n) is 2.92. The Labute approximate surface area is 136 Å². The number of benzene rings is 1. The first-order valence-electron chi connectivity index (χ1n) is 8.80. The van der Waals surface area contributed by atoms with Crippen molar-refractivity contribution in [2.45, 2.75) is 40.0 Å². The van der Waals surface area contributed by atoms with Crippen LogP contribution in [0.15, 0.2) is 18.2 Å². The van der Waals surface area contributed by atoms with E-state index in [2.05, 4.69) is 49.2 Å².